The zero-order valence-electron chi connectivity index (χ0n) is 14.0. The van der Waals surface area contributed by atoms with Gasteiger partial charge >= 0.3 is 5.97 Å². The number of rotatable bonds is 14. The smallest absolute Gasteiger partial charge is 0.303 e. The fourth-order valence-electron chi connectivity index (χ4n) is 1.96. The van der Waals surface area contributed by atoms with E-state index in [4.69, 9.17) is 5.11 Å². The highest BCUT2D eigenvalue weighted by Crippen LogP contribution is 2.03. The maximum Gasteiger partial charge on any atom is 0.303 e. The highest BCUT2D eigenvalue weighted by molar-refractivity contribution is 5.66. The van der Waals surface area contributed by atoms with E-state index in [0.717, 1.165) is 25.7 Å². The van der Waals surface area contributed by atoms with E-state index < -0.39 is 5.97 Å². The van der Waals surface area contributed by atoms with E-state index in [-0.39, 0.29) is 6.42 Å². The van der Waals surface area contributed by atoms with Crippen LogP contribution in [-0.2, 0) is 4.79 Å². The summed E-state index contributed by atoms with van der Waals surface area (Å²) in [7, 11) is 0. The molecule has 0 saturated heterocycles. The molecule has 2 nitrogen and oxygen atoms in total. The second kappa shape index (κ2) is 17.5. The third-order valence-electron chi connectivity index (χ3n) is 3.25. The lowest BCUT2D eigenvalue weighted by Gasteiger charge is -1.92. The zero-order chi connectivity index (χ0) is 16.3. The van der Waals surface area contributed by atoms with Crippen LogP contribution < -0.4 is 0 Å². The molecule has 2 heteroatoms. The minimum atomic E-state index is -0.713. The van der Waals surface area contributed by atoms with Crippen LogP contribution in [-0.4, -0.2) is 11.1 Å². The molecule has 0 aromatic rings. The van der Waals surface area contributed by atoms with Gasteiger partial charge < -0.3 is 5.11 Å². The molecule has 0 atom stereocenters. The summed E-state index contributed by atoms with van der Waals surface area (Å²) in [6, 6.07) is 0. The first-order chi connectivity index (χ1) is 10.8. The maximum atomic E-state index is 10.3. The molecular weight excluding hydrogens is 272 g/mol. The van der Waals surface area contributed by atoms with Gasteiger partial charge in [-0.05, 0) is 38.5 Å². The summed E-state index contributed by atoms with van der Waals surface area (Å²) in [6.07, 6.45) is 27.3. The molecule has 0 aromatic heterocycles. The summed E-state index contributed by atoms with van der Waals surface area (Å²) in [5.74, 6) is -0.713. The Bertz CT molecular complexity index is 362. The molecule has 124 valence electrons. The molecule has 0 aromatic carbocycles. The van der Waals surface area contributed by atoms with E-state index in [1.807, 2.05) is 0 Å². The molecule has 0 aliphatic heterocycles. The third kappa shape index (κ3) is 18.4. The number of unbranched alkanes of at least 4 members (excludes halogenated alkanes) is 5. The molecule has 0 heterocycles. The van der Waals surface area contributed by atoms with E-state index in [9.17, 15) is 4.79 Å². The van der Waals surface area contributed by atoms with Crippen molar-refractivity contribution in [2.45, 2.75) is 71.1 Å². The number of hydrogen-bond donors (Lipinski definition) is 1. The molecule has 0 aliphatic carbocycles. The second-order valence-electron chi connectivity index (χ2n) is 5.41. The lowest BCUT2D eigenvalue weighted by atomic mass is 10.1. The van der Waals surface area contributed by atoms with Gasteiger partial charge in [0, 0.05) is 6.42 Å². The molecule has 0 fully saturated rings. The predicted molar refractivity (Wildman–Crippen MR) is 96.0 cm³/mol. The van der Waals surface area contributed by atoms with Crippen molar-refractivity contribution in [1.82, 2.24) is 0 Å². The van der Waals surface area contributed by atoms with E-state index in [0.29, 0.717) is 0 Å². The van der Waals surface area contributed by atoms with Crippen LogP contribution in [0.15, 0.2) is 48.6 Å². The Balaban J connectivity index is 3.42. The van der Waals surface area contributed by atoms with Gasteiger partial charge in [-0.25, -0.2) is 0 Å². The first-order valence-corrected chi connectivity index (χ1v) is 8.60. The van der Waals surface area contributed by atoms with Gasteiger partial charge in [-0.15, -0.1) is 0 Å². The maximum absolute atomic E-state index is 10.3. The molecule has 0 radical (unpaired) electrons. The Morgan fingerprint density at radius 3 is 2.14 bits per heavy atom. The number of aliphatic carboxylic acids is 1. The lowest BCUT2D eigenvalue weighted by Crippen LogP contribution is -1.92. The van der Waals surface area contributed by atoms with Gasteiger partial charge in [0.05, 0.1) is 0 Å². The van der Waals surface area contributed by atoms with Crippen molar-refractivity contribution < 1.29 is 9.90 Å². The van der Waals surface area contributed by atoms with E-state index in [2.05, 4.69) is 55.5 Å². The quantitative estimate of drug-likeness (QED) is 0.235. The summed E-state index contributed by atoms with van der Waals surface area (Å²) >= 11 is 0. The van der Waals surface area contributed by atoms with Crippen molar-refractivity contribution in [1.29, 1.82) is 0 Å². The molecule has 0 unspecified atom stereocenters. The molecule has 22 heavy (non-hydrogen) atoms. The lowest BCUT2D eigenvalue weighted by molar-refractivity contribution is -0.137. The highest BCUT2D eigenvalue weighted by Gasteiger charge is 1.92. The summed E-state index contributed by atoms with van der Waals surface area (Å²) in [5, 5.41) is 8.49. The number of carbonyl (C=O) groups is 1. The van der Waals surface area contributed by atoms with E-state index in [1.54, 1.807) is 0 Å². The summed E-state index contributed by atoms with van der Waals surface area (Å²) < 4.78 is 0. The molecular formula is C20H32O2. The average Bonchev–Trinajstić information content (AvgIpc) is 2.50. The van der Waals surface area contributed by atoms with Crippen LogP contribution >= 0.6 is 0 Å². The van der Waals surface area contributed by atoms with Crippen LogP contribution in [0.5, 0.6) is 0 Å². The fourth-order valence-corrected chi connectivity index (χ4v) is 1.96. The molecule has 0 amide bonds. The van der Waals surface area contributed by atoms with Crippen LogP contribution in [0.4, 0.5) is 0 Å². The van der Waals surface area contributed by atoms with Gasteiger partial charge in [0.15, 0.2) is 0 Å². The van der Waals surface area contributed by atoms with Crippen molar-refractivity contribution >= 4 is 5.97 Å². The van der Waals surface area contributed by atoms with Crippen molar-refractivity contribution in [3.05, 3.63) is 48.6 Å². The van der Waals surface area contributed by atoms with Crippen molar-refractivity contribution in [2.75, 3.05) is 0 Å². The molecule has 0 rings (SSSR count). The number of allylic oxidation sites excluding steroid dienone is 8. The van der Waals surface area contributed by atoms with Crippen LogP contribution in [0.3, 0.4) is 0 Å². The normalized spacial score (nSPS) is 12.4. The van der Waals surface area contributed by atoms with Gasteiger partial charge in [0.1, 0.15) is 0 Å². The number of hydrogen-bond acceptors (Lipinski definition) is 1. The third-order valence-corrected chi connectivity index (χ3v) is 3.25. The molecule has 0 saturated carbocycles. The number of carboxylic acid groups (broad SMARTS) is 1. The minimum Gasteiger partial charge on any atom is -0.481 e. The van der Waals surface area contributed by atoms with E-state index in [1.165, 1.54) is 32.1 Å². The summed E-state index contributed by atoms with van der Waals surface area (Å²) in [4.78, 5) is 10.3. The molecule has 1 N–H and O–H groups in total. The Morgan fingerprint density at radius 2 is 1.41 bits per heavy atom. The topological polar surface area (TPSA) is 37.3 Å². The fraction of sp³-hybridized carbons (Fsp3) is 0.550. The van der Waals surface area contributed by atoms with Crippen molar-refractivity contribution in [3.8, 4) is 0 Å². The molecule has 0 spiro atoms. The van der Waals surface area contributed by atoms with Crippen molar-refractivity contribution in [2.24, 2.45) is 0 Å². The zero-order valence-corrected chi connectivity index (χ0v) is 14.0. The standard InChI is InChI=1S/C20H32O2/c1-2-3-4-5-6-7-8-9-10-11-12-13-14-15-16-17-18-19-20(21)22/h7-10,12-13,15-16H,2-6,11,14,17-19H2,1H3,(H,21,22)/b8-7+,10-9-,13-12-,16-15-. The largest absolute Gasteiger partial charge is 0.481 e. The molecule has 0 bridgehead atoms. The Morgan fingerprint density at radius 1 is 0.773 bits per heavy atom. The summed E-state index contributed by atoms with van der Waals surface area (Å²) in [5.41, 5.74) is 0. The van der Waals surface area contributed by atoms with Crippen LogP contribution in [0, 0.1) is 0 Å². The molecule has 0 aliphatic rings. The van der Waals surface area contributed by atoms with Gasteiger partial charge in [-0.2, -0.15) is 0 Å². The Kier molecular flexibility index (Phi) is 16.2. The first kappa shape index (κ1) is 20.4. The SMILES string of the molecule is CCCCCC/C=C/C=C\C/C=C\C/C=C\CCCC(=O)O. The first-order valence-electron chi connectivity index (χ1n) is 8.60. The predicted octanol–water partition coefficient (Wildman–Crippen LogP) is 6.22. The van der Waals surface area contributed by atoms with Gasteiger partial charge in [-0.3, -0.25) is 4.79 Å². The minimum absolute atomic E-state index is 0.261. The van der Waals surface area contributed by atoms with Crippen LogP contribution in [0.25, 0.3) is 0 Å². The summed E-state index contributed by atoms with van der Waals surface area (Å²) in [6.45, 7) is 2.24. The van der Waals surface area contributed by atoms with Gasteiger partial charge in [0.25, 0.3) is 0 Å². The van der Waals surface area contributed by atoms with Gasteiger partial charge in [-0.1, -0.05) is 74.8 Å². The highest BCUT2D eigenvalue weighted by atomic mass is 16.4. The Labute approximate surface area is 136 Å². The van der Waals surface area contributed by atoms with E-state index >= 15 is 0 Å². The van der Waals surface area contributed by atoms with Crippen LogP contribution in [0.2, 0.25) is 0 Å². The Hall–Kier alpha value is -1.57. The van der Waals surface area contributed by atoms with Crippen molar-refractivity contribution in [3.63, 3.8) is 0 Å². The average molecular weight is 304 g/mol. The monoisotopic (exact) mass is 304 g/mol. The number of carboxylic acids is 1. The second-order valence-corrected chi connectivity index (χ2v) is 5.41. The van der Waals surface area contributed by atoms with Gasteiger partial charge in [0.2, 0.25) is 0 Å². The van der Waals surface area contributed by atoms with Crippen LogP contribution in [0.1, 0.15) is 71.1 Å².